The molecule has 7 heteroatoms. The third kappa shape index (κ3) is 8.75. The van der Waals surface area contributed by atoms with E-state index < -0.39 is 0 Å². The molecule has 0 radical (unpaired) electrons. The molecule has 1 aromatic rings. The molecule has 1 heterocycles. The fraction of sp³-hybridized carbons (Fsp3) is 0.600. The molecule has 0 saturated carbocycles. The maximum Gasteiger partial charge on any atom is 0.191 e. The summed E-state index contributed by atoms with van der Waals surface area (Å²) in [5.41, 5.74) is 1.15. The molecule has 0 aliphatic rings. The summed E-state index contributed by atoms with van der Waals surface area (Å²) in [6.07, 6.45) is 2.69. The van der Waals surface area contributed by atoms with Crippen LogP contribution >= 0.6 is 35.6 Å². The van der Waals surface area contributed by atoms with Crippen LogP contribution in [0.15, 0.2) is 23.3 Å². The van der Waals surface area contributed by atoms with E-state index in [1.54, 1.807) is 13.2 Å². The Labute approximate surface area is 156 Å². The van der Waals surface area contributed by atoms with E-state index in [-0.39, 0.29) is 24.0 Å². The van der Waals surface area contributed by atoms with Crippen molar-refractivity contribution in [2.45, 2.75) is 26.3 Å². The van der Waals surface area contributed by atoms with Gasteiger partial charge in [0, 0.05) is 38.9 Å². The first-order chi connectivity index (χ1) is 10.0. The second-order valence-electron chi connectivity index (χ2n) is 5.24. The number of aliphatic imine (C=N–C) groups is 1. The SMILES string of the molecule is CN=C(NCCc1ccc(Cl)nc1)NCCN(C)C(C)C.I. The van der Waals surface area contributed by atoms with E-state index in [1.807, 2.05) is 12.1 Å². The molecule has 5 nitrogen and oxygen atoms in total. The minimum absolute atomic E-state index is 0. The van der Waals surface area contributed by atoms with Crippen molar-refractivity contribution >= 4 is 41.5 Å². The van der Waals surface area contributed by atoms with E-state index in [0.29, 0.717) is 11.2 Å². The Morgan fingerprint density at radius 2 is 2.00 bits per heavy atom. The fourth-order valence-corrected chi connectivity index (χ4v) is 1.82. The molecule has 126 valence electrons. The Morgan fingerprint density at radius 1 is 1.32 bits per heavy atom. The number of nitrogens with one attached hydrogen (secondary N) is 2. The van der Waals surface area contributed by atoms with Crippen LogP contribution in [0.3, 0.4) is 0 Å². The lowest BCUT2D eigenvalue weighted by molar-refractivity contribution is 0.278. The van der Waals surface area contributed by atoms with Gasteiger partial charge >= 0.3 is 0 Å². The number of halogens is 2. The van der Waals surface area contributed by atoms with Crippen molar-refractivity contribution in [3.63, 3.8) is 0 Å². The molecule has 0 aliphatic heterocycles. The highest BCUT2D eigenvalue weighted by atomic mass is 127. The fourth-order valence-electron chi connectivity index (χ4n) is 1.71. The van der Waals surface area contributed by atoms with Crippen LogP contribution in [-0.4, -0.2) is 55.6 Å². The van der Waals surface area contributed by atoms with Crippen LogP contribution in [0.5, 0.6) is 0 Å². The number of hydrogen-bond acceptors (Lipinski definition) is 3. The third-order valence-corrected chi connectivity index (χ3v) is 3.58. The van der Waals surface area contributed by atoms with Crippen molar-refractivity contribution < 1.29 is 0 Å². The van der Waals surface area contributed by atoms with E-state index in [2.05, 4.69) is 46.4 Å². The number of guanidine groups is 1. The monoisotopic (exact) mass is 439 g/mol. The molecule has 0 aliphatic carbocycles. The van der Waals surface area contributed by atoms with Crippen LogP contribution in [0.2, 0.25) is 5.15 Å². The summed E-state index contributed by atoms with van der Waals surface area (Å²) in [5.74, 6) is 0.828. The van der Waals surface area contributed by atoms with Gasteiger partial charge in [0.1, 0.15) is 5.15 Å². The normalized spacial score (nSPS) is 11.5. The molecule has 0 unspecified atom stereocenters. The summed E-state index contributed by atoms with van der Waals surface area (Å²) in [6.45, 7) is 7.04. The second kappa shape index (κ2) is 11.9. The number of aromatic nitrogens is 1. The highest BCUT2D eigenvalue weighted by Crippen LogP contribution is 2.05. The summed E-state index contributed by atoms with van der Waals surface area (Å²) in [6, 6.07) is 4.36. The van der Waals surface area contributed by atoms with Gasteiger partial charge in [-0.3, -0.25) is 4.99 Å². The zero-order chi connectivity index (χ0) is 15.7. The maximum absolute atomic E-state index is 5.76. The minimum atomic E-state index is 0. The standard InChI is InChI=1S/C15H26ClN5.HI/c1-12(2)21(4)10-9-19-15(17-3)18-8-7-13-5-6-14(16)20-11-13;/h5-6,11-12H,7-10H2,1-4H3,(H2,17,18,19);1H. The van der Waals surface area contributed by atoms with Gasteiger partial charge in [-0.25, -0.2) is 4.98 Å². The zero-order valence-corrected chi connectivity index (χ0v) is 16.9. The van der Waals surface area contributed by atoms with E-state index in [0.717, 1.165) is 37.6 Å². The molecular formula is C15H27ClIN5. The van der Waals surface area contributed by atoms with Crippen LogP contribution in [0.25, 0.3) is 0 Å². The quantitative estimate of drug-likeness (QED) is 0.296. The summed E-state index contributed by atoms with van der Waals surface area (Å²) in [5, 5.41) is 7.13. The Hall–Kier alpha value is -0.600. The van der Waals surface area contributed by atoms with Crippen molar-refractivity contribution in [2.75, 3.05) is 33.7 Å². The molecule has 0 fully saturated rings. The lowest BCUT2D eigenvalue weighted by Crippen LogP contribution is -2.42. The first kappa shape index (κ1) is 21.4. The highest BCUT2D eigenvalue weighted by Gasteiger charge is 2.03. The van der Waals surface area contributed by atoms with Crippen molar-refractivity contribution in [3.8, 4) is 0 Å². The Balaban J connectivity index is 0.00000441. The van der Waals surface area contributed by atoms with E-state index in [4.69, 9.17) is 11.6 Å². The molecule has 0 atom stereocenters. The molecule has 0 aromatic carbocycles. The Morgan fingerprint density at radius 3 is 2.55 bits per heavy atom. The van der Waals surface area contributed by atoms with Crippen LogP contribution < -0.4 is 10.6 Å². The van der Waals surface area contributed by atoms with Crippen LogP contribution in [0.4, 0.5) is 0 Å². The van der Waals surface area contributed by atoms with E-state index in [9.17, 15) is 0 Å². The summed E-state index contributed by atoms with van der Waals surface area (Å²) >= 11 is 5.76. The van der Waals surface area contributed by atoms with Gasteiger partial charge in [0.25, 0.3) is 0 Å². The first-order valence-corrected chi connectivity index (χ1v) is 7.66. The summed E-state index contributed by atoms with van der Waals surface area (Å²) in [7, 11) is 3.90. The van der Waals surface area contributed by atoms with Gasteiger partial charge in [0.05, 0.1) is 0 Å². The van der Waals surface area contributed by atoms with Crippen molar-refractivity contribution in [1.29, 1.82) is 0 Å². The smallest absolute Gasteiger partial charge is 0.191 e. The summed E-state index contributed by atoms with van der Waals surface area (Å²) < 4.78 is 0. The number of rotatable bonds is 7. The van der Waals surface area contributed by atoms with Gasteiger partial charge in [-0.15, -0.1) is 24.0 Å². The Bertz CT molecular complexity index is 436. The van der Waals surface area contributed by atoms with Gasteiger partial charge in [-0.05, 0) is 38.9 Å². The highest BCUT2D eigenvalue weighted by molar-refractivity contribution is 14.0. The predicted molar refractivity (Wildman–Crippen MR) is 105 cm³/mol. The maximum atomic E-state index is 5.76. The molecule has 1 aromatic heterocycles. The lowest BCUT2D eigenvalue weighted by Gasteiger charge is -2.21. The Kier molecular flexibility index (Phi) is 11.6. The summed E-state index contributed by atoms with van der Waals surface area (Å²) in [4.78, 5) is 10.6. The molecule has 0 spiro atoms. The molecule has 0 bridgehead atoms. The average Bonchev–Trinajstić information content (AvgIpc) is 2.47. The third-order valence-electron chi connectivity index (χ3n) is 3.36. The lowest BCUT2D eigenvalue weighted by atomic mass is 10.2. The average molecular weight is 440 g/mol. The number of pyridine rings is 1. The first-order valence-electron chi connectivity index (χ1n) is 7.28. The van der Waals surface area contributed by atoms with Gasteiger partial charge in [-0.2, -0.15) is 0 Å². The van der Waals surface area contributed by atoms with Crippen LogP contribution in [0.1, 0.15) is 19.4 Å². The van der Waals surface area contributed by atoms with E-state index in [1.165, 1.54) is 0 Å². The van der Waals surface area contributed by atoms with Crippen LogP contribution in [0, 0.1) is 0 Å². The number of hydrogen-bond donors (Lipinski definition) is 2. The molecular weight excluding hydrogens is 413 g/mol. The van der Waals surface area contributed by atoms with Crippen molar-refractivity contribution in [2.24, 2.45) is 4.99 Å². The van der Waals surface area contributed by atoms with Gasteiger partial charge < -0.3 is 15.5 Å². The van der Waals surface area contributed by atoms with Gasteiger partial charge in [-0.1, -0.05) is 17.7 Å². The molecule has 0 saturated heterocycles. The molecule has 22 heavy (non-hydrogen) atoms. The largest absolute Gasteiger partial charge is 0.356 e. The van der Waals surface area contributed by atoms with E-state index >= 15 is 0 Å². The zero-order valence-electron chi connectivity index (χ0n) is 13.8. The van der Waals surface area contributed by atoms with Crippen molar-refractivity contribution in [1.82, 2.24) is 20.5 Å². The second-order valence-corrected chi connectivity index (χ2v) is 5.63. The number of likely N-dealkylation sites (N-methyl/N-ethyl adjacent to an activating group) is 1. The van der Waals surface area contributed by atoms with Crippen LogP contribution in [-0.2, 0) is 6.42 Å². The molecule has 1 rings (SSSR count). The molecule has 0 amide bonds. The van der Waals surface area contributed by atoms with Crippen molar-refractivity contribution in [3.05, 3.63) is 29.0 Å². The molecule has 2 N–H and O–H groups in total. The topological polar surface area (TPSA) is 52.6 Å². The number of nitrogens with zero attached hydrogens (tertiary/aromatic N) is 3. The van der Waals surface area contributed by atoms with Gasteiger partial charge in [0.15, 0.2) is 5.96 Å². The van der Waals surface area contributed by atoms with Gasteiger partial charge in [0.2, 0.25) is 0 Å². The minimum Gasteiger partial charge on any atom is -0.356 e. The predicted octanol–water partition coefficient (Wildman–Crippen LogP) is 2.40.